The van der Waals surface area contributed by atoms with Crippen LogP contribution in [-0.4, -0.2) is 17.5 Å². The number of rotatable bonds is 0. The number of fused-ring (bicyclic) bond motifs is 4. The summed E-state index contributed by atoms with van der Waals surface area (Å²) in [5.41, 5.74) is -0.198. The van der Waals surface area contributed by atoms with Gasteiger partial charge < -0.3 is 10.1 Å². The third kappa shape index (κ3) is 2.51. The first-order valence-corrected chi connectivity index (χ1v) is 10.7. The molecule has 2 aliphatic heterocycles. The summed E-state index contributed by atoms with van der Waals surface area (Å²) in [4.78, 5) is 40.6. The molecule has 0 fully saturated rings. The predicted octanol–water partition coefficient (Wildman–Crippen LogP) is 4.85. The Hall–Kier alpha value is -2.40. The zero-order chi connectivity index (χ0) is 21.6. The van der Waals surface area contributed by atoms with Gasteiger partial charge in [0.2, 0.25) is 5.91 Å². The normalized spacial score (nSPS) is 25.6. The number of hydrogen-bond acceptors (Lipinski definition) is 4. The van der Waals surface area contributed by atoms with E-state index < -0.39 is 5.41 Å². The van der Waals surface area contributed by atoms with Crippen LogP contribution in [0.4, 0.5) is 5.69 Å². The van der Waals surface area contributed by atoms with Crippen LogP contribution in [0.1, 0.15) is 58.9 Å². The molecular formula is C24H24ClNO4. The molecule has 1 amide bonds. The summed E-state index contributed by atoms with van der Waals surface area (Å²) in [6.07, 6.45) is 1.68. The highest BCUT2D eigenvalue weighted by Gasteiger charge is 2.63. The number of allylic oxidation sites excluding steroid dienone is 2. The van der Waals surface area contributed by atoms with Gasteiger partial charge in [0.05, 0.1) is 11.1 Å². The van der Waals surface area contributed by atoms with Crippen molar-refractivity contribution >= 4 is 34.8 Å². The molecule has 0 bridgehead atoms. The lowest BCUT2D eigenvalue weighted by Gasteiger charge is -2.46. The maximum atomic E-state index is 13.7. The Bertz CT molecular complexity index is 1070. The molecule has 0 saturated heterocycles. The minimum absolute atomic E-state index is 0.136. The highest BCUT2D eigenvalue weighted by molar-refractivity contribution is 6.31. The van der Waals surface area contributed by atoms with Gasteiger partial charge in [-0.3, -0.25) is 14.4 Å². The molecule has 1 spiro atoms. The number of halogens is 1. The smallest absolute Gasteiger partial charge is 0.244 e. The molecule has 5 nitrogen and oxygen atoms in total. The molecule has 6 heteroatoms. The largest absolute Gasteiger partial charge is 0.465 e. The molecule has 1 aromatic rings. The molecule has 156 valence electrons. The van der Waals surface area contributed by atoms with Crippen molar-refractivity contribution in [2.75, 3.05) is 5.32 Å². The third-order valence-electron chi connectivity index (χ3n) is 6.64. The lowest BCUT2D eigenvalue weighted by atomic mass is 9.58. The molecule has 1 aromatic carbocycles. The van der Waals surface area contributed by atoms with Gasteiger partial charge in [-0.2, -0.15) is 0 Å². The number of carbonyl (C=O) groups is 3. The fourth-order valence-corrected chi connectivity index (χ4v) is 5.77. The average Bonchev–Trinajstić information content (AvgIpc) is 2.83. The maximum Gasteiger partial charge on any atom is 0.244 e. The monoisotopic (exact) mass is 425 g/mol. The van der Waals surface area contributed by atoms with E-state index in [4.69, 9.17) is 16.3 Å². The van der Waals surface area contributed by atoms with Gasteiger partial charge >= 0.3 is 0 Å². The van der Waals surface area contributed by atoms with E-state index in [0.29, 0.717) is 64.6 Å². The maximum absolute atomic E-state index is 13.7. The number of hydrogen-bond donors (Lipinski definition) is 1. The van der Waals surface area contributed by atoms with Crippen molar-refractivity contribution in [2.24, 2.45) is 10.8 Å². The standard InChI is InChI=1S/C24H24ClNO4/c1-22(2)8-15(27)19-17(10-22)30-18-11-23(3,4)9-16(28)20(18)24(19)13-6-5-12(25)7-14(13)26-21(24)29/h5-7H,8-11H2,1-4H3,(H,26,29). The van der Waals surface area contributed by atoms with E-state index in [0.717, 1.165) is 0 Å². The summed E-state index contributed by atoms with van der Waals surface area (Å²) in [6, 6.07) is 5.14. The number of nitrogens with one attached hydrogen (secondary N) is 1. The summed E-state index contributed by atoms with van der Waals surface area (Å²) in [5.74, 6) is 0.410. The van der Waals surface area contributed by atoms with Gasteiger partial charge in [-0.25, -0.2) is 0 Å². The SMILES string of the molecule is CC1(C)CC(=O)C2=C(C1)OC1=C(C(=O)CC(C)(C)C1)C21C(=O)Nc2cc(Cl)ccc21. The Labute approximate surface area is 180 Å². The molecule has 0 radical (unpaired) electrons. The zero-order valence-corrected chi connectivity index (χ0v) is 18.3. The lowest BCUT2D eigenvalue weighted by molar-refractivity contribution is -0.127. The molecule has 4 aliphatic rings. The van der Waals surface area contributed by atoms with Crippen LogP contribution < -0.4 is 5.32 Å². The second-order valence-corrected chi connectivity index (χ2v) is 10.9. The van der Waals surface area contributed by atoms with Gasteiger partial charge in [0, 0.05) is 42.0 Å². The van der Waals surface area contributed by atoms with Gasteiger partial charge in [0.15, 0.2) is 11.6 Å². The molecule has 30 heavy (non-hydrogen) atoms. The van der Waals surface area contributed by atoms with Crippen molar-refractivity contribution in [3.05, 3.63) is 51.4 Å². The summed E-state index contributed by atoms with van der Waals surface area (Å²) < 4.78 is 6.29. The van der Waals surface area contributed by atoms with E-state index in [1.54, 1.807) is 18.2 Å². The Balaban J connectivity index is 1.86. The molecule has 0 aromatic heterocycles. The van der Waals surface area contributed by atoms with Gasteiger partial charge in [0.25, 0.3) is 0 Å². The number of ether oxygens (including phenoxy) is 1. The van der Waals surface area contributed by atoms with E-state index in [9.17, 15) is 14.4 Å². The summed E-state index contributed by atoms with van der Waals surface area (Å²) >= 11 is 6.17. The van der Waals surface area contributed by atoms with Gasteiger partial charge in [0.1, 0.15) is 16.9 Å². The van der Waals surface area contributed by atoms with Gasteiger partial charge in [-0.05, 0) is 23.0 Å². The van der Waals surface area contributed by atoms with Crippen LogP contribution in [0.2, 0.25) is 5.02 Å². The molecule has 1 N–H and O–H groups in total. The number of anilines is 1. The second kappa shape index (κ2) is 5.85. The van der Waals surface area contributed by atoms with Crippen LogP contribution in [0.3, 0.4) is 0 Å². The number of ketones is 2. The number of carbonyl (C=O) groups excluding carboxylic acids is 3. The second-order valence-electron chi connectivity index (χ2n) is 10.5. The lowest BCUT2D eigenvalue weighted by Crippen LogP contribution is -2.51. The Kier molecular flexibility index (Phi) is 3.81. The Morgan fingerprint density at radius 3 is 1.93 bits per heavy atom. The van der Waals surface area contributed by atoms with E-state index in [1.807, 2.05) is 27.7 Å². The van der Waals surface area contributed by atoms with E-state index in [1.165, 1.54) is 0 Å². The van der Waals surface area contributed by atoms with E-state index >= 15 is 0 Å². The third-order valence-corrected chi connectivity index (χ3v) is 6.88. The molecule has 2 aliphatic carbocycles. The quantitative estimate of drug-likeness (QED) is 0.645. The number of amides is 1. The van der Waals surface area contributed by atoms with E-state index in [-0.39, 0.29) is 28.3 Å². The first-order chi connectivity index (χ1) is 13.9. The summed E-state index contributed by atoms with van der Waals surface area (Å²) in [5, 5.41) is 3.38. The van der Waals surface area contributed by atoms with Crippen LogP contribution in [-0.2, 0) is 24.5 Å². The zero-order valence-electron chi connectivity index (χ0n) is 17.6. The molecular weight excluding hydrogens is 402 g/mol. The molecule has 0 saturated carbocycles. The fourth-order valence-electron chi connectivity index (χ4n) is 5.59. The molecule has 2 heterocycles. The van der Waals surface area contributed by atoms with Crippen molar-refractivity contribution in [3.8, 4) is 0 Å². The highest BCUT2D eigenvalue weighted by Crippen LogP contribution is 2.59. The topological polar surface area (TPSA) is 72.5 Å². The van der Waals surface area contributed by atoms with Gasteiger partial charge in [-0.1, -0.05) is 45.4 Å². The van der Waals surface area contributed by atoms with Crippen molar-refractivity contribution in [1.82, 2.24) is 0 Å². The van der Waals surface area contributed by atoms with Crippen LogP contribution >= 0.6 is 11.6 Å². The van der Waals surface area contributed by atoms with E-state index in [2.05, 4.69) is 5.32 Å². The van der Waals surface area contributed by atoms with Crippen molar-refractivity contribution in [1.29, 1.82) is 0 Å². The summed E-state index contributed by atoms with van der Waals surface area (Å²) in [7, 11) is 0. The van der Waals surface area contributed by atoms with Crippen molar-refractivity contribution in [2.45, 2.75) is 58.8 Å². The minimum atomic E-state index is -1.45. The number of benzene rings is 1. The van der Waals surface area contributed by atoms with Crippen LogP contribution in [0.5, 0.6) is 0 Å². The van der Waals surface area contributed by atoms with Gasteiger partial charge in [-0.15, -0.1) is 0 Å². The number of Topliss-reactive ketones (excluding diaryl/α,β-unsaturated/α-hetero) is 2. The fraction of sp³-hybridized carbons (Fsp3) is 0.458. The first-order valence-electron chi connectivity index (χ1n) is 10.3. The van der Waals surface area contributed by atoms with Crippen LogP contribution in [0.15, 0.2) is 40.9 Å². The minimum Gasteiger partial charge on any atom is -0.465 e. The molecule has 0 unspecified atom stereocenters. The Morgan fingerprint density at radius 1 is 0.867 bits per heavy atom. The van der Waals surface area contributed by atoms with Crippen molar-refractivity contribution in [3.63, 3.8) is 0 Å². The highest BCUT2D eigenvalue weighted by atomic mass is 35.5. The van der Waals surface area contributed by atoms with Crippen LogP contribution in [0.25, 0.3) is 0 Å². The molecule has 5 rings (SSSR count). The Morgan fingerprint density at radius 2 is 1.40 bits per heavy atom. The molecule has 0 atom stereocenters. The van der Waals surface area contributed by atoms with Crippen molar-refractivity contribution < 1.29 is 19.1 Å². The predicted molar refractivity (Wildman–Crippen MR) is 113 cm³/mol. The summed E-state index contributed by atoms with van der Waals surface area (Å²) in [6.45, 7) is 8.08. The van der Waals surface area contributed by atoms with Crippen LogP contribution in [0, 0.1) is 10.8 Å². The average molecular weight is 426 g/mol. The first kappa shape index (κ1) is 19.6.